The second kappa shape index (κ2) is 8.14. The second-order valence-corrected chi connectivity index (χ2v) is 18.4. The van der Waals surface area contributed by atoms with Gasteiger partial charge in [-0.25, -0.2) is 22.9 Å². The number of hydrogen-bond donors (Lipinski definition) is 1. The van der Waals surface area contributed by atoms with Gasteiger partial charge in [0, 0.05) is 11.4 Å². The average Bonchev–Trinajstić information content (AvgIpc) is 2.94. The SMILES string of the molecule is CC(C)(C)OC(=O)N1CCc2sc(S(N)(=O)=N[Si](C)(C)C(C)(C)C)cc2[C@H]1C(F)F. The number of alkyl halides is 2. The zero-order chi connectivity index (χ0) is 23.3. The Kier molecular flexibility index (Phi) is 6.84. The minimum absolute atomic E-state index is 0.0992. The maximum absolute atomic E-state index is 14.0. The van der Waals surface area contributed by atoms with Crippen LogP contribution < -0.4 is 5.14 Å². The van der Waals surface area contributed by atoms with Gasteiger partial charge >= 0.3 is 6.09 Å². The Labute approximate surface area is 183 Å². The van der Waals surface area contributed by atoms with Crippen molar-refractivity contribution in [3.05, 3.63) is 16.5 Å². The lowest BCUT2D eigenvalue weighted by Gasteiger charge is -2.36. The third-order valence-electron chi connectivity index (χ3n) is 5.41. The Balaban J connectivity index is 2.49. The molecule has 0 spiro atoms. The fourth-order valence-corrected chi connectivity index (χ4v) is 9.35. The number of thiophene rings is 1. The number of carbonyl (C=O) groups is 1. The molecule has 2 N–H and O–H groups in total. The molecule has 0 aromatic carbocycles. The van der Waals surface area contributed by atoms with E-state index < -0.39 is 42.3 Å². The molecule has 2 heterocycles. The lowest BCUT2D eigenvalue weighted by molar-refractivity contribution is -0.0185. The van der Waals surface area contributed by atoms with Crippen LogP contribution >= 0.6 is 11.3 Å². The number of fused-ring (bicyclic) bond motifs is 1. The van der Waals surface area contributed by atoms with Crippen molar-refractivity contribution in [3.8, 4) is 0 Å². The summed E-state index contributed by atoms with van der Waals surface area (Å²) in [6.07, 6.45) is -3.23. The molecule has 1 aliphatic rings. The summed E-state index contributed by atoms with van der Waals surface area (Å²) in [5.41, 5.74) is -0.511. The minimum Gasteiger partial charge on any atom is -0.444 e. The Morgan fingerprint density at radius 2 is 1.90 bits per heavy atom. The van der Waals surface area contributed by atoms with E-state index in [0.29, 0.717) is 11.3 Å². The van der Waals surface area contributed by atoms with Crippen LogP contribution in [0.4, 0.5) is 13.6 Å². The first-order valence-corrected chi connectivity index (χ1v) is 15.2. The van der Waals surface area contributed by atoms with Gasteiger partial charge in [-0.15, -0.1) is 11.3 Å². The minimum atomic E-state index is -3.24. The first kappa shape index (κ1) is 25.2. The van der Waals surface area contributed by atoms with Gasteiger partial charge < -0.3 is 4.74 Å². The third-order valence-corrected chi connectivity index (χ3v) is 14.7. The highest BCUT2D eigenvalue weighted by molar-refractivity contribution is 7.94. The lowest BCUT2D eigenvalue weighted by Crippen LogP contribution is -2.45. The Bertz CT molecular complexity index is 926. The smallest absolute Gasteiger partial charge is 0.411 e. The molecule has 0 saturated heterocycles. The summed E-state index contributed by atoms with van der Waals surface area (Å²) < 4.78 is 51.5. The molecule has 0 aliphatic carbocycles. The summed E-state index contributed by atoms with van der Waals surface area (Å²) in [5.74, 6) is 0. The van der Waals surface area contributed by atoms with Gasteiger partial charge in [-0.3, -0.25) is 8.93 Å². The molecule has 172 valence electrons. The average molecular weight is 482 g/mol. The number of hydrogen-bond acceptors (Lipinski definition) is 5. The van der Waals surface area contributed by atoms with Crippen LogP contribution in [-0.2, 0) is 21.1 Å². The molecule has 0 fully saturated rings. The van der Waals surface area contributed by atoms with E-state index in [-0.39, 0.29) is 21.4 Å². The van der Waals surface area contributed by atoms with Gasteiger partial charge in [-0.2, -0.15) is 0 Å². The fourth-order valence-electron chi connectivity index (χ4n) is 2.85. The van der Waals surface area contributed by atoms with Crippen molar-refractivity contribution in [2.45, 2.75) is 88.4 Å². The molecular weight excluding hydrogens is 448 g/mol. The van der Waals surface area contributed by atoms with Crippen LogP contribution in [0.15, 0.2) is 14.3 Å². The van der Waals surface area contributed by atoms with Crippen molar-refractivity contribution in [1.82, 2.24) is 4.90 Å². The molecule has 0 saturated carbocycles. The maximum Gasteiger partial charge on any atom is 0.411 e. The zero-order valence-electron chi connectivity index (χ0n) is 18.9. The number of nitrogens with two attached hydrogens (primary N) is 1. The van der Waals surface area contributed by atoms with Gasteiger partial charge in [0.25, 0.3) is 6.43 Å². The van der Waals surface area contributed by atoms with E-state index in [0.717, 1.165) is 16.2 Å². The number of nitrogens with zero attached hydrogens (tertiary/aromatic N) is 2. The van der Waals surface area contributed by atoms with Gasteiger partial charge in [0.1, 0.15) is 25.8 Å². The normalized spacial score (nSPS) is 20.0. The van der Waals surface area contributed by atoms with Gasteiger partial charge in [0.15, 0.2) is 8.24 Å². The molecular formula is C19H33F2N3O3S2Si. The van der Waals surface area contributed by atoms with Crippen LogP contribution in [0.5, 0.6) is 0 Å². The van der Waals surface area contributed by atoms with Gasteiger partial charge in [0.05, 0.1) is 0 Å². The molecule has 1 unspecified atom stereocenters. The van der Waals surface area contributed by atoms with Crippen LogP contribution in [0.25, 0.3) is 0 Å². The monoisotopic (exact) mass is 481 g/mol. The van der Waals surface area contributed by atoms with Crippen molar-refractivity contribution >= 4 is 35.6 Å². The molecule has 11 heteroatoms. The van der Waals surface area contributed by atoms with Crippen LogP contribution in [0.1, 0.15) is 58.0 Å². The van der Waals surface area contributed by atoms with Crippen molar-refractivity contribution < 1.29 is 22.5 Å². The molecule has 0 radical (unpaired) electrons. The second-order valence-electron chi connectivity index (χ2n) is 10.1. The molecule has 1 aromatic rings. The largest absolute Gasteiger partial charge is 0.444 e. The molecule has 0 bridgehead atoms. The summed E-state index contributed by atoms with van der Waals surface area (Å²) >= 11 is 1.16. The number of amides is 1. The van der Waals surface area contributed by atoms with E-state index in [1.54, 1.807) is 20.8 Å². The third kappa shape index (κ3) is 5.41. The van der Waals surface area contributed by atoms with Crippen LogP contribution in [0.3, 0.4) is 0 Å². The Morgan fingerprint density at radius 3 is 2.37 bits per heavy atom. The molecule has 2 atom stereocenters. The lowest BCUT2D eigenvalue weighted by atomic mass is 10.0. The van der Waals surface area contributed by atoms with Crippen molar-refractivity contribution in [2.75, 3.05) is 6.54 Å². The Morgan fingerprint density at radius 1 is 1.33 bits per heavy atom. The summed E-state index contributed by atoms with van der Waals surface area (Å²) in [6.45, 7) is 15.2. The number of carbonyl (C=O) groups excluding carboxylic acids is 1. The van der Waals surface area contributed by atoms with E-state index >= 15 is 0 Å². The number of rotatable bonds is 3. The predicted octanol–water partition coefficient (Wildman–Crippen LogP) is 5.55. The quantitative estimate of drug-likeness (QED) is 0.574. The van der Waals surface area contributed by atoms with Crippen molar-refractivity contribution in [2.24, 2.45) is 9.17 Å². The van der Waals surface area contributed by atoms with E-state index in [9.17, 15) is 17.8 Å². The summed E-state index contributed by atoms with van der Waals surface area (Å²) in [5, 5.41) is 5.98. The maximum atomic E-state index is 14.0. The highest BCUT2D eigenvalue weighted by atomic mass is 32.2. The van der Waals surface area contributed by atoms with Gasteiger partial charge in [-0.1, -0.05) is 20.8 Å². The summed E-state index contributed by atoms with van der Waals surface area (Å²) in [4.78, 5) is 14.2. The molecule has 6 nitrogen and oxygen atoms in total. The predicted molar refractivity (Wildman–Crippen MR) is 120 cm³/mol. The van der Waals surface area contributed by atoms with E-state index in [1.807, 2.05) is 33.9 Å². The first-order valence-electron chi connectivity index (χ1n) is 9.82. The zero-order valence-corrected chi connectivity index (χ0v) is 21.5. The topological polar surface area (TPSA) is 85.0 Å². The number of halogens is 2. The molecule has 2 rings (SSSR count). The molecule has 1 amide bonds. The van der Waals surface area contributed by atoms with E-state index in [4.69, 9.17) is 9.88 Å². The Hall–Kier alpha value is -1.04. The van der Waals surface area contributed by atoms with Gasteiger partial charge in [0.2, 0.25) is 0 Å². The molecule has 30 heavy (non-hydrogen) atoms. The summed E-state index contributed by atoms with van der Waals surface area (Å²) in [6, 6.07) is -0.0107. The van der Waals surface area contributed by atoms with E-state index in [2.05, 4.69) is 4.03 Å². The van der Waals surface area contributed by atoms with Gasteiger partial charge in [-0.05, 0) is 57.0 Å². The first-order chi connectivity index (χ1) is 13.4. The van der Waals surface area contributed by atoms with Crippen molar-refractivity contribution in [3.63, 3.8) is 0 Å². The highest BCUT2D eigenvalue weighted by Gasteiger charge is 2.42. The fraction of sp³-hybridized carbons (Fsp3) is 0.737. The summed E-state index contributed by atoms with van der Waals surface area (Å²) in [7, 11) is -5.57. The number of ether oxygens (including phenoxy) is 1. The standard InChI is InChI=1S/C19H33F2N3O3S2Si/c1-18(2,3)27-17(25)24-10-9-13-12(15(24)16(20)21)11-14(28-13)29(22,26)23-30(7,8)19(4,5)6/h11,15-16H,9-10H2,1-8H3,(H2,22,23,26)/t15-,29?/m0/s1. The van der Waals surface area contributed by atoms with E-state index in [1.165, 1.54) is 6.07 Å². The van der Waals surface area contributed by atoms with Crippen LogP contribution in [0, 0.1) is 0 Å². The highest BCUT2D eigenvalue weighted by Crippen LogP contribution is 2.42. The molecule has 1 aliphatic heterocycles. The van der Waals surface area contributed by atoms with Crippen LogP contribution in [0.2, 0.25) is 18.1 Å². The van der Waals surface area contributed by atoms with Crippen LogP contribution in [-0.4, -0.2) is 42.0 Å². The molecule has 1 aromatic heterocycles. The van der Waals surface area contributed by atoms with Crippen molar-refractivity contribution in [1.29, 1.82) is 0 Å².